The molecule has 0 aromatic rings. The third kappa shape index (κ3) is 50.4. The maximum absolute atomic E-state index is 10.6. The molecule has 3 fully saturated rings. The van der Waals surface area contributed by atoms with Gasteiger partial charge in [0.05, 0.1) is 26.2 Å². The molecule has 3 heterocycles. The van der Waals surface area contributed by atoms with E-state index in [-0.39, 0.29) is 0 Å². The van der Waals surface area contributed by atoms with Gasteiger partial charge in [0.25, 0.3) is 31.3 Å². The number of hydrogen-bond donors (Lipinski definition) is 16. The van der Waals surface area contributed by atoms with Gasteiger partial charge in [-0.05, 0) is 0 Å². The zero-order valence-corrected chi connectivity index (χ0v) is 30.5. The van der Waals surface area contributed by atoms with Crippen LogP contribution >= 0.6 is 31.3 Å². The van der Waals surface area contributed by atoms with Gasteiger partial charge in [-0.2, -0.15) is 0 Å². The van der Waals surface area contributed by atoms with Crippen LogP contribution in [-0.4, -0.2) is 130 Å². The molecule has 20 N–H and O–H groups in total. The second-order valence-electron chi connectivity index (χ2n) is 8.74. The Morgan fingerprint density at radius 1 is 0.386 bits per heavy atom. The molecule has 0 bridgehead atoms. The van der Waals surface area contributed by atoms with Crippen LogP contribution in [0.4, 0.5) is 0 Å². The van der Waals surface area contributed by atoms with Gasteiger partial charge in [0.2, 0.25) is 0 Å². The molecule has 28 nitrogen and oxygen atoms in total. The van der Waals surface area contributed by atoms with Crippen molar-refractivity contribution in [2.24, 2.45) is 0 Å². The van der Waals surface area contributed by atoms with Crippen LogP contribution in [0.25, 0.3) is 0 Å². The summed E-state index contributed by atoms with van der Waals surface area (Å²) in [5, 5.41) is 9.57. The number of phosphoric acid groups is 4. The second kappa shape index (κ2) is 15.6. The number of rotatable bonds is 0. The molecule has 0 radical (unpaired) electrons. The summed E-state index contributed by atoms with van der Waals surface area (Å²) < 4.78 is 144. The summed E-state index contributed by atoms with van der Waals surface area (Å²) >= 11 is -16.4. The fraction of sp³-hybridized carbons (Fsp3) is 1.00. The summed E-state index contributed by atoms with van der Waals surface area (Å²) in [5.41, 5.74) is 0. The Bertz CT molecular complexity index is 879. The van der Waals surface area contributed by atoms with E-state index >= 15 is 0 Å². The maximum atomic E-state index is 10.6. The molecule has 276 valence electrons. The third-order valence-corrected chi connectivity index (χ3v) is 9.98. The Morgan fingerprint density at radius 2 is 0.523 bits per heavy atom. The van der Waals surface area contributed by atoms with Crippen molar-refractivity contribution in [3.63, 3.8) is 0 Å². The number of hydrogen-bond acceptors (Lipinski definition) is 24. The molecule has 0 saturated carbocycles. The minimum absolute atomic E-state index is 1.32. The van der Waals surface area contributed by atoms with Crippen LogP contribution in [0.2, 0.25) is 0 Å². The number of quaternary nitrogens is 4. The summed E-state index contributed by atoms with van der Waals surface area (Å²) in [7, 11) is -23.5. The summed E-state index contributed by atoms with van der Waals surface area (Å²) in [6, 6.07) is 0. The second-order valence-corrected chi connectivity index (χ2v) is 28.9. The van der Waals surface area contributed by atoms with Gasteiger partial charge in [-0.3, -0.25) is 18.3 Å². The summed E-state index contributed by atoms with van der Waals surface area (Å²) in [6.07, 6.45) is 2.78. The van der Waals surface area contributed by atoms with Gasteiger partial charge in [0, 0.05) is 12.8 Å². The average molecular weight is 980 g/mol. The van der Waals surface area contributed by atoms with Crippen molar-refractivity contribution in [2.75, 3.05) is 52.4 Å². The first kappa shape index (κ1) is 47.7. The molecule has 3 saturated heterocycles. The minimum atomic E-state index is -8.18. The fourth-order valence-corrected chi connectivity index (χ4v) is 7.88. The van der Waals surface area contributed by atoms with Gasteiger partial charge in [0.1, 0.15) is 26.2 Å². The summed E-state index contributed by atoms with van der Waals surface area (Å²) in [6.45, 7) is 10.7. The van der Waals surface area contributed by atoms with Gasteiger partial charge < -0.3 is 40.8 Å². The van der Waals surface area contributed by atoms with E-state index in [0.717, 1.165) is 0 Å². The van der Waals surface area contributed by atoms with Gasteiger partial charge in [-0.15, -0.1) is 0 Å². The van der Waals surface area contributed by atoms with Crippen molar-refractivity contribution < 1.29 is 118 Å². The van der Waals surface area contributed by atoms with E-state index in [0.29, 0.717) is 0 Å². The zero-order chi connectivity index (χ0) is 35.5. The van der Waals surface area contributed by atoms with E-state index in [9.17, 15) is 37.8 Å². The van der Waals surface area contributed by atoms with E-state index < -0.39 is 67.1 Å². The van der Waals surface area contributed by atoms with Crippen molar-refractivity contribution in [3.05, 3.63) is 0 Å². The Labute approximate surface area is 249 Å². The van der Waals surface area contributed by atoms with Crippen LogP contribution in [-0.2, 0) is 35.5 Å². The van der Waals surface area contributed by atoms with Crippen LogP contribution in [0.5, 0.6) is 0 Å². The third-order valence-electron chi connectivity index (χ3n) is 3.58. The Kier molecular flexibility index (Phi) is 16.9. The summed E-state index contributed by atoms with van der Waals surface area (Å²) in [5.74, 6) is 0. The first-order valence-electron chi connectivity index (χ1n) is 11.4. The summed E-state index contributed by atoms with van der Waals surface area (Å²) in [4.78, 5) is 42.2. The molecule has 0 aromatic carbocycles. The van der Waals surface area contributed by atoms with E-state index in [4.69, 9.17) is 41.7 Å². The molecule has 0 unspecified atom stereocenters. The van der Waals surface area contributed by atoms with Crippen LogP contribution in [0.1, 0.15) is 12.8 Å². The monoisotopic (exact) mass is 984 g/mol. The molecular weight excluding hydrogens is 939 g/mol. The van der Waals surface area contributed by atoms with Crippen molar-refractivity contribution >= 4 is 67.1 Å². The Hall–Kier alpha value is 1.54. The first-order valence-corrected chi connectivity index (χ1v) is 29.7. The molecule has 0 aromatic heterocycles. The van der Waals surface area contributed by atoms with E-state index in [1.54, 1.807) is 0 Å². The van der Waals surface area contributed by atoms with Crippen LogP contribution in [0, 0.1) is 0 Å². The molecule has 3 aliphatic heterocycles. The SMILES string of the molecule is C1C[NH2+]CC[NH2+]C1.C1C[NH2+]CC[NH2+]C1.O=P1([O-])OP(=O)([O-])OP(=O)([O-])OP(=O)([O-])O1.O[Te](O)(O)(O)(O)O.O[Te](O)(O)(O)(O)O. The Balaban J connectivity index is 0. The zero-order valence-electron chi connectivity index (χ0n) is 22.3. The van der Waals surface area contributed by atoms with Gasteiger partial charge in [-0.25, -0.2) is 17.2 Å². The Morgan fingerprint density at radius 3 is 0.659 bits per heavy atom. The molecule has 3 rings (SSSR count). The van der Waals surface area contributed by atoms with Gasteiger partial charge in [0.15, 0.2) is 0 Å². The molecule has 0 atom stereocenters. The van der Waals surface area contributed by atoms with E-state index in [1.807, 2.05) is 0 Å². The van der Waals surface area contributed by atoms with Crippen molar-refractivity contribution in [2.45, 2.75) is 12.8 Å². The number of nitrogens with two attached hydrogens (primary N) is 4. The van der Waals surface area contributed by atoms with Crippen molar-refractivity contribution in [1.82, 2.24) is 0 Å². The first-order chi connectivity index (χ1) is 18.7. The fourth-order valence-electron chi connectivity index (χ4n) is 2.41. The van der Waals surface area contributed by atoms with Gasteiger partial charge in [-0.1, -0.05) is 0 Å². The predicted octanol–water partition coefficient (Wildman–Crippen LogP) is -14.5. The quantitative estimate of drug-likeness (QED) is 0.0791. The molecule has 0 amide bonds. The van der Waals surface area contributed by atoms with Crippen molar-refractivity contribution in [3.8, 4) is 0 Å². The molecular formula is C10H40N4O24P4Te2. The molecule has 34 heteroatoms. The molecule has 0 aliphatic carbocycles. The van der Waals surface area contributed by atoms with Gasteiger partial charge >= 0.3 is 77.5 Å². The van der Waals surface area contributed by atoms with Crippen LogP contribution in [0.15, 0.2) is 0 Å². The standard InChI is InChI=1S/2C5H12N2.H4O12P4.2H6O6Te/c2*1-2-6-4-5-7-3-1;1-13(2)9-14(3,4)11-16(7,8)12-15(5,6)10-13;2*1-7(2,3,4,5)6/h2*6-7H,1-5H2;(H,1,2)(H,3,4)(H,5,6)(H,7,8);2*1-6H. The van der Waals surface area contributed by atoms with E-state index in [1.165, 1.54) is 65.2 Å². The topological polar surface area (TPSA) is 507 Å². The molecule has 3 aliphatic rings. The van der Waals surface area contributed by atoms with Crippen LogP contribution < -0.4 is 40.8 Å². The van der Waals surface area contributed by atoms with Crippen molar-refractivity contribution in [1.29, 1.82) is 0 Å². The predicted molar refractivity (Wildman–Crippen MR) is 129 cm³/mol. The molecule has 44 heavy (non-hydrogen) atoms. The normalized spacial score (nSPS) is 35.1. The average Bonchev–Trinajstić information content (AvgIpc) is 3.09. The van der Waals surface area contributed by atoms with Crippen LogP contribution in [0.3, 0.4) is 0 Å². The molecule has 0 spiro atoms. The van der Waals surface area contributed by atoms with E-state index in [2.05, 4.69) is 38.5 Å².